The van der Waals surface area contributed by atoms with Crippen LogP contribution in [0.3, 0.4) is 0 Å². The first-order chi connectivity index (χ1) is 5.10. The molecule has 0 aromatic heterocycles. The molecule has 0 rings (SSSR count). The van der Waals surface area contributed by atoms with E-state index in [0.29, 0.717) is 0 Å². The fraction of sp³-hybridized carbons (Fsp3) is 1.00. The molecule has 2 heteroatoms. The Labute approximate surface area is 70.1 Å². The maximum absolute atomic E-state index is 5.73. The number of hydrogen-bond donors (Lipinski definition) is 1. The molecule has 68 valence electrons. The van der Waals surface area contributed by atoms with E-state index >= 15 is 0 Å². The fourth-order valence-electron chi connectivity index (χ4n) is 1.50. The predicted octanol–water partition coefficient (Wildman–Crippen LogP) is 1.93. The molecule has 0 saturated carbocycles. The van der Waals surface area contributed by atoms with Crippen LogP contribution in [0.1, 0.15) is 40.0 Å². The van der Waals surface area contributed by atoms with Crippen LogP contribution >= 0.6 is 0 Å². The van der Waals surface area contributed by atoms with Gasteiger partial charge >= 0.3 is 0 Å². The predicted molar refractivity (Wildman–Crippen MR) is 48.6 cm³/mol. The Hall–Kier alpha value is -0.0800. The van der Waals surface area contributed by atoms with E-state index in [1.54, 1.807) is 7.11 Å². The third-order valence-corrected chi connectivity index (χ3v) is 2.42. The third kappa shape index (κ3) is 3.21. The Morgan fingerprint density at radius 3 is 1.91 bits per heavy atom. The number of nitrogens with two attached hydrogens (primary N) is 1. The van der Waals surface area contributed by atoms with Crippen molar-refractivity contribution in [3.05, 3.63) is 0 Å². The van der Waals surface area contributed by atoms with E-state index in [-0.39, 0.29) is 11.6 Å². The van der Waals surface area contributed by atoms with E-state index in [9.17, 15) is 0 Å². The van der Waals surface area contributed by atoms with Crippen molar-refractivity contribution in [1.82, 2.24) is 0 Å². The summed E-state index contributed by atoms with van der Waals surface area (Å²) in [6, 6.07) is 0.231. The lowest BCUT2D eigenvalue weighted by Gasteiger charge is -2.31. The van der Waals surface area contributed by atoms with Gasteiger partial charge in [0.05, 0.1) is 5.60 Å². The lowest BCUT2D eigenvalue weighted by molar-refractivity contribution is -0.0273. The van der Waals surface area contributed by atoms with Crippen LogP contribution in [0.4, 0.5) is 0 Å². The quantitative estimate of drug-likeness (QED) is 0.665. The van der Waals surface area contributed by atoms with Crippen LogP contribution in [-0.4, -0.2) is 18.8 Å². The summed E-state index contributed by atoms with van der Waals surface area (Å²) in [7, 11) is 1.77. The molecule has 0 aromatic rings. The molecule has 0 saturated heterocycles. The molecule has 0 aliphatic rings. The van der Waals surface area contributed by atoms with Gasteiger partial charge in [-0.1, -0.05) is 13.8 Å². The molecule has 0 heterocycles. The van der Waals surface area contributed by atoms with Crippen LogP contribution < -0.4 is 5.73 Å². The van der Waals surface area contributed by atoms with Crippen LogP contribution in [0.15, 0.2) is 0 Å². The lowest BCUT2D eigenvalue weighted by atomic mass is 9.90. The second-order valence-electron chi connectivity index (χ2n) is 3.28. The fourth-order valence-corrected chi connectivity index (χ4v) is 1.50. The summed E-state index contributed by atoms with van der Waals surface area (Å²) < 4.78 is 5.47. The third-order valence-electron chi connectivity index (χ3n) is 2.42. The van der Waals surface area contributed by atoms with Gasteiger partial charge in [0, 0.05) is 13.2 Å². The zero-order chi connectivity index (χ0) is 8.91. The molecule has 0 bridgehead atoms. The highest BCUT2D eigenvalue weighted by molar-refractivity contribution is 4.80. The van der Waals surface area contributed by atoms with Gasteiger partial charge in [0.1, 0.15) is 0 Å². The zero-order valence-corrected chi connectivity index (χ0v) is 8.18. The average Bonchev–Trinajstić information content (AvgIpc) is 2.00. The van der Waals surface area contributed by atoms with Crippen LogP contribution in [0.5, 0.6) is 0 Å². The van der Waals surface area contributed by atoms with Crippen molar-refractivity contribution in [2.24, 2.45) is 5.73 Å². The summed E-state index contributed by atoms with van der Waals surface area (Å²) in [6.45, 7) is 6.32. The van der Waals surface area contributed by atoms with Gasteiger partial charge in [-0.2, -0.15) is 0 Å². The zero-order valence-electron chi connectivity index (χ0n) is 8.18. The van der Waals surface area contributed by atoms with Gasteiger partial charge in [0.25, 0.3) is 0 Å². The van der Waals surface area contributed by atoms with E-state index in [4.69, 9.17) is 10.5 Å². The molecule has 2 N–H and O–H groups in total. The van der Waals surface area contributed by atoms with E-state index < -0.39 is 0 Å². The highest BCUT2D eigenvalue weighted by atomic mass is 16.5. The molecule has 1 atom stereocenters. The first-order valence-corrected chi connectivity index (χ1v) is 4.41. The van der Waals surface area contributed by atoms with Gasteiger partial charge in [0.15, 0.2) is 0 Å². The summed E-state index contributed by atoms with van der Waals surface area (Å²) in [5, 5.41) is 0. The van der Waals surface area contributed by atoms with Gasteiger partial charge in [-0.3, -0.25) is 0 Å². The molecule has 0 spiro atoms. The topological polar surface area (TPSA) is 35.2 Å². The molecule has 0 aromatic carbocycles. The van der Waals surface area contributed by atoms with Crippen molar-refractivity contribution in [2.45, 2.75) is 51.7 Å². The van der Waals surface area contributed by atoms with Gasteiger partial charge in [-0.25, -0.2) is 0 Å². The minimum Gasteiger partial charge on any atom is -0.378 e. The number of methoxy groups -OCH3 is 1. The Bertz CT molecular complexity index is 89.5. The second-order valence-corrected chi connectivity index (χ2v) is 3.28. The normalized spacial score (nSPS) is 15.0. The van der Waals surface area contributed by atoms with Crippen molar-refractivity contribution < 1.29 is 4.74 Å². The second kappa shape index (κ2) is 4.73. The van der Waals surface area contributed by atoms with Gasteiger partial charge in [-0.05, 0) is 26.2 Å². The molecule has 0 radical (unpaired) electrons. The largest absolute Gasteiger partial charge is 0.378 e. The highest BCUT2D eigenvalue weighted by Crippen LogP contribution is 2.24. The molecule has 0 fully saturated rings. The molecule has 0 amide bonds. The van der Waals surface area contributed by atoms with Gasteiger partial charge < -0.3 is 10.5 Å². The Kier molecular flexibility index (Phi) is 4.69. The average molecular weight is 159 g/mol. The van der Waals surface area contributed by atoms with E-state index in [2.05, 4.69) is 13.8 Å². The molecule has 11 heavy (non-hydrogen) atoms. The Balaban J connectivity index is 4.05. The smallest absolute Gasteiger partial charge is 0.0688 e. The van der Waals surface area contributed by atoms with Crippen molar-refractivity contribution in [3.63, 3.8) is 0 Å². The lowest BCUT2D eigenvalue weighted by Crippen LogP contribution is -2.36. The van der Waals surface area contributed by atoms with E-state index in [0.717, 1.165) is 19.3 Å². The van der Waals surface area contributed by atoms with Crippen LogP contribution in [0, 0.1) is 0 Å². The van der Waals surface area contributed by atoms with Crippen LogP contribution in [0.2, 0.25) is 0 Å². The molecule has 1 unspecified atom stereocenters. The van der Waals surface area contributed by atoms with Gasteiger partial charge in [-0.15, -0.1) is 0 Å². The SMILES string of the molecule is CCC(CC)(CC(C)N)OC. The van der Waals surface area contributed by atoms with Crippen molar-refractivity contribution in [3.8, 4) is 0 Å². The molecule has 2 nitrogen and oxygen atoms in total. The highest BCUT2D eigenvalue weighted by Gasteiger charge is 2.26. The van der Waals surface area contributed by atoms with E-state index in [1.165, 1.54) is 0 Å². The van der Waals surface area contributed by atoms with Crippen LogP contribution in [0.25, 0.3) is 0 Å². The summed E-state index contributed by atoms with van der Waals surface area (Å²) >= 11 is 0. The minimum atomic E-state index is 0.0220. The number of rotatable bonds is 5. The van der Waals surface area contributed by atoms with Crippen molar-refractivity contribution in [2.75, 3.05) is 7.11 Å². The summed E-state index contributed by atoms with van der Waals surface area (Å²) in [5.74, 6) is 0. The van der Waals surface area contributed by atoms with Crippen molar-refractivity contribution >= 4 is 0 Å². The van der Waals surface area contributed by atoms with E-state index in [1.807, 2.05) is 6.92 Å². The Morgan fingerprint density at radius 2 is 1.82 bits per heavy atom. The maximum Gasteiger partial charge on any atom is 0.0688 e. The minimum absolute atomic E-state index is 0.0220. The first-order valence-electron chi connectivity index (χ1n) is 4.41. The maximum atomic E-state index is 5.73. The molecular formula is C9H21NO. The first kappa shape index (κ1) is 10.9. The summed E-state index contributed by atoms with van der Waals surface area (Å²) in [5.41, 5.74) is 5.75. The Morgan fingerprint density at radius 1 is 1.36 bits per heavy atom. The monoisotopic (exact) mass is 159 g/mol. The standard InChI is InChI=1S/C9H21NO/c1-5-9(6-2,11-4)7-8(3)10/h8H,5-7,10H2,1-4H3. The number of ether oxygens (including phenoxy) is 1. The van der Waals surface area contributed by atoms with Crippen molar-refractivity contribution in [1.29, 1.82) is 0 Å². The summed E-state index contributed by atoms with van der Waals surface area (Å²) in [6.07, 6.45) is 3.04. The molecular weight excluding hydrogens is 138 g/mol. The molecule has 0 aliphatic carbocycles. The summed E-state index contributed by atoms with van der Waals surface area (Å²) in [4.78, 5) is 0. The number of hydrogen-bond acceptors (Lipinski definition) is 2. The van der Waals surface area contributed by atoms with Crippen LogP contribution in [-0.2, 0) is 4.74 Å². The van der Waals surface area contributed by atoms with Gasteiger partial charge in [0.2, 0.25) is 0 Å². The molecule has 0 aliphatic heterocycles.